The standard InChI is InChI=1S/C13H21F3N2O3.C11H22N2O2.C8H13F3N2O.ClH/c1-12(2,3)21-11(20)18-6-4-5-9(8-18)7-17-10(19)13(14,15)16;1-11(2,3)15-10(14)13-6-4-5-9(7-12)8-13;9-8(10,11)7(14)13-5-6-2-1-3-12-4-6;/h9H,4-8H2,1-3H3,(H,17,19);9H,4-8,12H2,1-3H3;6,12H,1-5H2,(H,13,14);1H/t2*9-;6-;/m001./s1. The minimum absolute atomic E-state index is 0. The summed E-state index contributed by atoms with van der Waals surface area (Å²) >= 11 is 0. The lowest BCUT2D eigenvalue weighted by atomic mass is 9.98. The first-order valence-corrected chi connectivity index (χ1v) is 17.0. The zero-order valence-corrected chi connectivity index (χ0v) is 31.3. The zero-order valence-electron chi connectivity index (χ0n) is 30.4. The molecule has 0 saturated carbocycles. The fraction of sp³-hybridized carbons (Fsp3) is 0.875. The Morgan fingerprint density at radius 1 is 0.686 bits per heavy atom. The van der Waals surface area contributed by atoms with Gasteiger partial charge in [0.15, 0.2) is 0 Å². The van der Waals surface area contributed by atoms with Crippen molar-refractivity contribution in [3.8, 4) is 0 Å². The zero-order chi connectivity index (χ0) is 38.3. The van der Waals surface area contributed by atoms with Crippen LogP contribution in [0.4, 0.5) is 35.9 Å². The largest absolute Gasteiger partial charge is 0.471 e. The molecule has 3 heterocycles. The summed E-state index contributed by atoms with van der Waals surface area (Å²) in [5, 5.41) is 6.81. The number of piperidine rings is 3. The van der Waals surface area contributed by atoms with Crippen LogP contribution in [0.15, 0.2) is 0 Å². The van der Waals surface area contributed by atoms with Gasteiger partial charge in [-0.3, -0.25) is 9.59 Å². The molecule has 300 valence electrons. The number of likely N-dealkylation sites (tertiary alicyclic amines) is 2. The molecule has 3 aliphatic rings. The van der Waals surface area contributed by atoms with Crippen LogP contribution in [-0.2, 0) is 19.1 Å². The highest BCUT2D eigenvalue weighted by Gasteiger charge is 2.40. The van der Waals surface area contributed by atoms with Crippen LogP contribution < -0.4 is 21.7 Å². The van der Waals surface area contributed by atoms with Gasteiger partial charge in [0.25, 0.3) is 0 Å². The monoisotopic (exact) mass is 770 g/mol. The number of amides is 4. The van der Waals surface area contributed by atoms with Gasteiger partial charge in [0.1, 0.15) is 11.2 Å². The van der Waals surface area contributed by atoms with Gasteiger partial charge in [0, 0.05) is 39.3 Å². The predicted octanol–water partition coefficient (Wildman–Crippen LogP) is 4.99. The van der Waals surface area contributed by atoms with Crippen LogP contribution in [0, 0.1) is 17.8 Å². The minimum atomic E-state index is -4.88. The van der Waals surface area contributed by atoms with E-state index in [-0.39, 0.29) is 50.0 Å². The smallest absolute Gasteiger partial charge is 0.444 e. The van der Waals surface area contributed by atoms with Crippen LogP contribution in [0.25, 0.3) is 0 Å². The summed E-state index contributed by atoms with van der Waals surface area (Å²) in [7, 11) is 0. The maximum Gasteiger partial charge on any atom is 0.471 e. The van der Waals surface area contributed by atoms with Gasteiger partial charge in [-0.15, -0.1) is 12.4 Å². The molecular formula is C32H57ClF6N6O6. The SMILES string of the molecule is CC(C)(C)OC(=O)N1CCC[C@@H](CN)C1.CC(C)(C)OC(=O)N1CCC[C@@H](CNC(=O)C(F)(F)F)C1.Cl.O=C(NC[C@@H]1CCCNC1)C(F)(F)F. The van der Waals surface area contributed by atoms with Crippen LogP contribution in [0.5, 0.6) is 0 Å². The number of alkyl halides is 6. The average Bonchev–Trinajstić information content (AvgIpc) is 3.01. The van der Waals surface area contributed by atoms with Crippen LogP contribution >= 0.6 is 12.4 Å². The summed E-state index contributed by atoms with van der Waals surface area (Å²) in [6.45, 7) is 15.5. The van der Waals surface area contributed by atoms with Gasteiger partial charge >= 0.3 is 36.4 Å². The molecule has 0 radical (unpaired) electrons. The molecule has 0 spiro atoms. The van der Waals surface area contributed by atoms with Gasteiger partial charge in [-0.05, 0) is 117 Å². The maximum absolute atomic E-state index is 12.1. The Labute approximate surface area is 303 Å². The lowest BCUT2D eigenvalue weighted by molar-refractivity contribution is -0.173. The van der Waals surface area contributed by atoms with Gasteiger partial charge in [0.2, 0.25) is 0 Å². The van der Waals surface area contributed by atoms with Crippen LogP contribution in [0.3, 0.4) is 0 Å². The van der Waals surface area contributed by atoms with Gasteiger partial charge < -0.3 is 41.0 Å². The van der Waals surface area contributed by atoms with Gasteiger partial charge in [-0.25, -0.2) is 9.59 Å². The summed E-state index contributed by atoms with van der Waals surface area (Å²) in [4.78, 5) is 48.1. The lowest BCUT2D eigenvalue weighted by Gasteiger charge is -2.34. The molecule has 0 bridgehead atoms. The van der Waals surface area contributed by atoms with Crippen LogP contribution in [0.1, 0.15) is 80.1 Å². The lowest BCUT2D eigenvalue weighted by Crippen LogP contribution is -2.47. The number of carbonyl (C=O) groups is 4. The fourth-order valence-electron chi connectivity index (χ4n) is 5.25. The van der Waals surface area contributed by atoms with E-state index in [0.29, 0.717) is 38.4 Å². The number of nitrogens with one attached hydrogen (secondary N) is 3. The maximum atomic E-state index is 12.1. The summed E-state index contributed by atoms with van der Waals surface area (Å²) in [5.74, 6) is -3.43. The topological polar surface area (TPSA) is 155 Å². The third kappa shape index (κ3) is 21.4. The Kier molecular flexibility index (Phi) is 20.6. The number of halogens is 7. The molecule has 3 saturated heterocycles. The molecule has 3 rings (SSSR count). The third-order valence-corrected chi connectivity index (χ3v) is 7.69. The molecular weight excluding hydrogens is 714 g/mol. The fourth-order valence-corrected chi connectivity index (χ4v) is 5.25. The molecule has 3 fully saturated rings. The van der Waals surface area contributed by atoms with Crippen molar-refractivity contribution in [3.05, 3.63) is 0 Å². The van der Waals surface area contributed by atoms with Crippen LogP contribution in [0.2, 0.25) is 0 Å². The predicted molar refractivity (Wildman–Crippen MR) is 181 cm³/mol. The second-order valence-electron chi connectivity index (χ2n) is 14.7. The van der Waals surface area contributed by atoms with E-state index >= 15 is 0 Å². The van der Waals surface area contributed by atoms with Gasteiger partial charge in [0.05, 0.1) is 0 Å². The molecule has 19 heteroatoms. The number of hydrogen-bond acceptors (Lipinski definition) is 8. The second-order valence-corrected chi connectivity index (χ2v) is 14.7. The van der Waals surface area contributed by atoms with Crippen LogP contribution in [-0.4, -0.2) is 116 Å². The van der Waals surface area contributed by atoms with Crippen molar-refractivity contribution < 1.29 is 55.0 Å². The molecule has 3 aliphatic heterocycles. The summed E-state index contributed by atoms with van der Waals surface area (Å²) in [5.41, 5.74) is 4.59. The molecule has 0 unspecified atom stereocenters. The van der Waals surface area contributed by atoms with E-state index in [1.807, 2.05) is 31.4 Å². The normalized spacial score (nSPS) is 21.3. The van der Waals surface area contributed by atoms with E-state index in [1.54, 1.807) is 25.7 Å². The second kappa shape index (κ2) is 21.7. The van der Waals surface area contributed by atoms with Gasteiger partial charge in [-0.1, -0.05) is 0 Å². The minimum Gasteiger partial charge on any atom is -0.444 e. The first-order valence-electron chi connectivity index (χ1n) is 17.0. The molecule has 3 atom stereocenters. The molecule has 0 aliphatic carbocycles. The van der Waals surface area contributed by atoms with E-state index < -0.39 is 41.5 Å². The van der Waals surface area contributed by atoms with Crippen molar-refractivity contribution >= 4 is 36.4 Å². The Balaban J connectivity index is 0.000000748. The molecule has 12 nitrogen and oxygen atoms in total. The first-order chi connectivity index (χ1) is 22.9. The first kappa shape index (κ1) is 48.3. The van der Waals surface area contributed by atoms with E-state index in [4.69, 9.17) is 15.2 Å². The van der Waals surface area contributed by atoms with Crippen molar-refractivity contribution in [2.24, 2.45) is 23.5 Å². The number of rotatable bonds is 5. The highest BCUT2D eigenvalue weighted by molar-refractivity contribution is 5.85. The number of hydrogen-bond donors (Lipinski definition) is 4. The third-order valence-electron chi connectivity index (χ3n) is 7.69. The van der Waals surface area contributed by atoms with E-state index in [2.05, 4.69) is 5.32 Å². The molecule has 0 aromatic carbocycles. The summed E-state index contributed by atoms with van der Waals surface area (Å²) in [6.07, 6.45) is -5.02. The highest BCUT2D eigenvalue weighted by Crippen LogP contribution is 2.21. The number of nitrogens with two attached hydrogens (primary N) is 1. The number of carbonyl (C=O) groups excluding carboxylic acids is 4. The Morgan fingerprint density at radius 2 is 1.08 bits per heavy atom. The van der Waals surface area contributed by atoms with Crippen molar-refractivity contribution in [2.45, 2.75) is 104 Å². The molecule has 51 heavy (non-hydrogen) atoms. The number of ether oxygens (including phenoxy) is 2. The summed E-state index contributed by atoms with van der Waals surface area (Å²) < 4.78 is 82.2. The molecule has 0 aromatic heterocycles. The van der Waals surface area contributed by atoms with E-state index in [0.717, 1.165) is 45.3 Å². The van der Waals surface area contributed by atoms with E-state index in [9.17, 15) is 45.5 Å². The van der Waals surface area contributed by atoms with Crippen molar-refractivity contribution in [2.75, 3.05) is 58.9 Å². The molecule has 0 aromatic rings. The van der Waals surface area contributed by atoms with E-state index in [1.165, 1.54) is 4.90 Å². The van der Waals surface area contributed by atoms with Gasteiger partial charge in [-0.2, -0.15) is 26.3 Å². The Morgan fingerprint density at radius 3 is 1.45 bits per heavy atom. The van der Waals surface area contributed by atoms with Crippen molar-refractivity contribution in [1.29, 1.82) is 0 Å². The molecule has 5 N–H and O–H groups in total. The van der Waals surface area contributed by atoms with Crippen molar-refractivity contribution in [1.82, 2.24) is 25.8 Å². The summed E-state index contributed by atoms with van der Waals surface area (Å²) in [6, 6.07) is 0. The Bertz CT molecular complexity index is 1080. The Hall–Kier alpha value is -2.73. The average molecular weight is 771 g/mol. The molecule has 4 amide bonds. The quantitative estimate of drug-likeness (QED) is 0.285. The van der Waals surface area contributed by atoms with Crippen molar-refractivity contribution in [3.63, 3.8) is 0 Å². The highest BCUT2D eigenvalue weighted by atomic mass is 35.5. The number of nitrogens with zero attached hydrogens (tertiary/aromatic N) is 2.